The third-order valence-corrected chi connectivity index (χ3v) is 4.34. The summed E-state index contributed by atoms with van der Waals surface area (Å²) in [6, 6.07) is 7.97. The third kappa shape index (κ3) is 4.12. The van der Waals surface area contributed by atoms with Crippen LogP contribution >= 0.6 is 11.6 Å². The fraction of sp³-hybridized carbons (Fsp3) is 0. The van der Waals surface area contributed by atoms with Crippen LogP contribution in [0.1, 0.15) is 10.4 Å². The van der Waals surface area contributed by atoms with Crippen LogP contribution in [0, 0.1) is 14.0 Å². The molecule has 0 aliphatic rings. The minimum atomic E-state index is -1.29. The Kier molecular flexibility index (Phi) is 5.26. The normalized spacial score (nSPS) is 10.8. The number of carbonyl (C=O) groups excluding carboxylic acids is 1. The summed E-state index contributed by atoms with van der Waals surface area (Å²) in [7, 11) is 0. The first-order valence-corrected chi connectivity index (χ1v) is 7.96. The van der Waals surface area contributed by atoms with E-state index in [0.717, 1.165) is 0 Å². The number of quaternary nitrogens is 1. The van der Waals surface area contributed by atoms with E-state index in [1.807, 2.05) is 0 Å². The van der Waals surface area contributed by atoms with Crippen molar-refractivity contribution >= 4 is 23.2 Å². The summed E-state index contributed by atoms with van der Waals surface area (Å²) in [6.45, 7) is 0. The maximum absolute atomic E-state index is 12.1. The molecule has 6 nitrogen and oxygen atoms in total. The molecule has 0 saturated heterocycles. The van der Waals surface area contributed by atoms with Crippen LogP contribution in [0.2, 0.25) is 5.02 Å². The maximum atomic E-state index is 12.1. The number of halogens is 2. The molecule has 8 heteroatoms. The van der Waals surface area contributed by atoms with E-state index in [-0.39, 0.29) is 10.6 Å². The Morgan fingerprint density at radius 2 is 2.15 bits per heavy atom. The number of hydrogen-bond acceptors (Lipinski definition) is 4. The van der Waals surface area contributed by atoms with Crippen molar-refractivity contribution in [2.45, 2.75) is 0 Å². The summed E-state index contributed by atoms with van der Waals surface area (Å²) in [5.41, 5.74) is 0.766. The predicted molar refractivity (Wildman–Crippen MR) is 70.0 cm³/mol. The van der Waals surface area contributed by atoms with E-state index in [1.54, 1.807) is 24.4 Å². The Labute approximate surface area is 130 Å². The molecule has 1 aromatic heterocycles. The Bertz CT molecular complexity index is 610. The van der Waals surface area contributed by atoms with Crippen molar-refractivity contribution in [2.24, 2.45) is 0 Å². The summed E-state index contributed by atoms with van der Waals surface area (Å²) in [4.78, 5) is 16.0. The quantitative estimate of drug-likeness (QED) is 0.351. The molecule has 106 valence electrons. The Morgan fingerprint density at radius 3 is 2.80 bits per heavy atom. The van der Waals surface area contributed by atoms with Crippen molar-refractivity contribution in [3.63, 3.8) is 0 Å². The van der Waals surface area contributed by atoms with Gasteiger partial charge in [-0.2, -0.15) is 0 Å². The number of nitrogens with zero attached hydrogens (tertiary/aromatic N) is 1. The van der Waals surface area contributed by atoms with E-state index in [0.29, 0.717) is 9.26 Å². The Morgan fingerprint density at radius 1 is 1.35 bits per heavy atom. The van der Waals surface area contributed by atoms with Gasteiger partial charge in [-0.3, -0.25) is 0 Å². The topological polar surface area (TPSA) is 92.5 Å². The van der Waals surface area contributed by atoms with E-state index < -0.39 is 30.8 Å². The first kappa shape index (κ1) is 15.1. The number of anilines is 1. The molecule has 0 spiro atoms. The van der Waals surface area contributed by atoms with Gasteiger partial charge in [-0.1, -0.05) is 0 Å². The molecule has 0 saturated carbocycles. The number of rotatable bonds is 4. The van der Waals surface area contributed by atoms with Crippen molar-refractivity contribution in [1.82, 2.24) is 4.98 Å². The van der Waals surface area contributed by atoms with Crippen molar-refractivity contribution in [3.05, 3.63) is 67.3 Å². The van der Waals surface area contributed by atoms with Gasteiger partial charge in [-0.05, 0) is 0 Å². The second kappa shape index (κ2) is 6.95. The molecule has 0 aliphatic heterocycles. The van der Waals surface area contributed by atoms with Crippen molar-refractivity contribution in [1.29, 1.82) is 0 Å². The van der Waals surface area contributed by atoms with Gasteiger partial charge in [0.1, 0.15) is 0 Å². The Hall–Kier alpha value is -1.26. The molecule has 0 unspecified atom stereocenters. The molecule has 20 heavy (non-hydrogen) atoms. The zero-order chi connectivity index (χ0) is 14.5. The molecule has 1 aromatic carbocycles. The number of nitrogens with one attached hydrogen (secondary N) is 2. The second-order valence-electron chi connectivity index (χ2n) is 3.65. The molecular formula is C12H9ClIN3O3-2. The van der Waals surface area contributed by atoms with Gasteiger partial charge >= 0.3 is 131 Å². The molecule has 2 N–H and O–H groups in total. The van der Waals surface area contributed by atoms with Crippen LogP contribution < -0.4 is 30.2 Å². The van der Waals surface area contributed by atoms with Gasteiger partial charge in [0, 0.05) is 0 Å². The van der Waals surface area contributed by atoms with Gasteiger partial charge in [-0.25, -0.2) is 0 Å². The van der Waals surface area contributed by atoms with Crippen LogP contribution in [0.25, 0.3) is 0 Å². The van der Waals surface area contributed by atoms with Gasteiger partial charge in [0.2, 0.25) is 0 Å². The number of amides is 1. The van der Waals surface area contributed by atoms with Crippen molar-refractivity contribution < 1.29 is 29.7 Å². The molecule has 0 fully saturated rings. The summed E-state index contributed by atoms with van der Waals surface area (Å²) in [5.74, 6) is -0.410. The number of aromatic nitrogens is 1. The number of pyridine rings is 1. The van der Waals surface area contributed by atoms with Crippen molar-refractivity contribution in [2.75, 3.05) is 5.32 Å². The van der Waals surface area contributed by atoms with Crippen LogP contribution in [-0.4, -0.2) is 10.9 Å². The molecule has 0 bridgehead atoms. The van der Waals surface area contributed by atoms with E-state index in [2.05, 4.69) is 10.3 Å². The van der Waals surface area contributed by atoms with Crippen LogP contribution in [0.5, 0.6) is 0 Å². The zero-order valence-corrected chi connectivity index (χ0v) is 12.9. The monoisotopic (exact) mass is 405 g/mol. The first-order valence-electron chi connectivity index (χ1n) is 5.43. The molecular weight excluding hydrogens is 397 g/mol. The molecule has 2 rings (SSSR count). The fourth-order valence-electron chi connectivity index (χ4n) is 1.45. The van der Waals surface area contributed by atoms with Crippen LogP contribution in [0.4, 0.5) is 5.69 Å². The average molecular weight is 406 g/mol. The van der Waals surface area contributed by atoms with Gasteiger partial charge in [-0.15, -0.1) is 0 Å². The first-order chi connectivity index (χ1) is 9.56. The standard InChI is InChI=1S/C12H9ClIN3O3/c13-11-4-3-8(14-17(19)20)6-10(11)12(18)16-9-2-1-5-15-7-9/h1-7,17H,(H,16,18)/q-2. The molecule has 0 aliphatic carbocycles. The second-order valence-corrected chi connectivity index (χ2v) is 6.73. The van der Waals surface area contributed by atoms with E-state index in [4.69, 9.17) is 11.6 Å². The van der Waals surface area contributed by atoms with Gasteiger partial charge in [0.25, 0.3) is 0 Å². The third-order valence-electron chi connectivity index (χ3n) is 2.28. The van der Waals surface area contributed by atoms with Crippen molar-refractivity contribution in [3.8, 4) is 0 Å². The van der Waals surface area contributed by atoms with Crippen LogP contribution in [-0.2, 0) is 0 Å². The molecule has 0 radical (unpaired) electrons. The van der Waals surface area contributed by atoms with E-state index in [1.165, 1.54) is 18.3 Å². The Balaban J connectivity index is 2.20. The molecule has 1 heterocycles. The molecule has 1 amide bonds. The molecule has 2 aromatic rings. The minimum absolute atomic E-state index is 0.231. The van der Waals surface area contributed by atoms with Gasteiger partial charge in [0.15, 0.2) is 0 Å². The fourth-order valence-corrected chi connectivity index (χ4v) is 2.99. The number of carbonyl (C=O) groups is 1. The predicted octanol–water partition coefficient (Wildman–Crippen LogP) is -1.96. The summed E-state index contributed by atoms with van der Waals surface area (Å²) in [5, 5.41) is 24.1. The van der Waals surface area contributed by atoms with E-state index >= 15 is 0 Å². The van der Waals surface area contributed by atoms with Gasteiger partial charge in [0.05, 0.1) is 0 Å². The summed E-state index contributed by atoms with van der Waals surface area (Å²) in [6.07, 6.45) is 3.09. The number of hydrogen-bond donors (Lipinski definition) is 2. The van der Waals surface area contributed by atoms with E-state index in [9.17, 15) is 15.2 Å². The average Bonchev–Trinajstić information content (AvgIpc) is 2.41. The van der Waals surface area contributed by atoms with Gasteiger partial charge < -0.3 is 0 Å². The number of benzene rings is 1. The summed E-state index contributed by atoms with van der Waals surface area (Å²) < 4.78 is -0.547. The van der Waals surface area contributed by atoms with Crippen LogP contribution in [0.3, 0.4) is 0 Å². The van der Waals surface area contributed by atoms with Crippen LogP contribution in [0.15, 0.2) is 42.7 Å². The molecule has 0 atom stereocenters. The SMILES string of the molecule is O=C(Nc1cccnc1)c1cc([I-][NH+]([O-])[O-])ccc1Cl. The summed E-state index contributed by atoms with van der Waals surface area (Å²) >= 11 is 4.67. The zero-order valence-electron chi connectivity index (χ0n) is 9.97.